The van der Waals surface area contributed by atoms with E-state index in [0.29, 0.717) is 5.92 Å². The van der Waals surface area contributed by atoms with Crippen molar-refractivity contribution in [2.45, 2.75) is 31.5 Å². The second-order valence-corrected chi connectivity index (χ2v) is 6.54. The van der Waals surface area contributed by atoms with Crippen molar-refractivity contribution in [2.24, 2.45) is 0 Å². The molecule has 19 heavy (non-hydrogen) atoms. The van der Waals surface area contributed by atoms with E-state index >= 15 is 0 Å². The monoisotopic (exact) mass is 336 g/mol. The lowest BCUT2D eigenvalue weighted by atomic mass is 9.97. The summed E-state index contributed by atoms with van der Waals surface area (Å²) in [6.45, 7) is 6.52. The third-order valence-corrected chi connectivity index (χ3v) is 4.66. The molecule has 0 aliphatic carbocycles. The van der Waals surface area contributed by atoms with Gasteiger partial charge in [0, 0.05) is 5.02 Å². The van der Waals surface area contributed by atoms with Crippen LogP contribution in [0.3, 0.4) is 0 Å². The fourth-order valence-electron chi connectivity index (χ4n) is 2.15. The van der Waals surface area contributed by atoms with Gasteiger partial charge in [0.1, 0.15) is 0 Å². The first-order valence-electron chi connectivity index (χ1n) is 6.49. The van der Waals surface area contributed by atoms with Crippen molar-refractivity contribution in [3.63, 3.8) is 0 Å². The van der Waals surface area contributed by atoms with Gasteiger partial charge in [0.05, 0.1) is 4.83 Å². The van der Waals surface area contributed by atoms with Crippen LogP contribution in [0.2, 0.25) is 5.02 Å². The van der Waals surface area contributed by atoms with Gasteiger partial charge in [-0.05, 0) is 47.2 Å². The van der Waals surface area contributed by atoms with Crippen LogP contribution in [0.4, 0.5) is 0 Å². The van der Waals surface area contributed by atoms with Gasteiger partial charge in [0.25, 0.3) is 0 Å². The van der Waals surface area contributed by atoms with E-state index in [9.17, 15) is 0 Å². The minimum Gasteiger partial charge on any atom is -0.0843 e. The summed E-state index contributed by atoms with van der Waals surface area (Å²) in [7, 11) is 0. The molecular weight excluding hydrogens is 320 g/mol. The molecule has 0 saturated heterocycles. The van der Waals surface area contributed by atoms with Crippen LogP contribution in [0.15, 0.2) is 42.5 Å². The summed E-state index contributed by atoms with van der Waals surface area (Å²) >= 11 is 9.80. The van der Waals surface area contributed by atoms with E-state index in [1.807, 2.05) is 12.1 Å². The third-order valence-electron chi connectivity index (χ3n) is 3.40. The Morgan fingerprint density at radius 1 is 0.947 bits per heavy atom. The zero-order valence-corrected chi connectivity index (χ0v) is 13.8. The molecule has 2 aromatic rings. The largest absolute Gasteiger partial charge is 0.0843 e. The van der Waals surface area contributed by atoms with E-state index in [2.05, 4.69) is 67.0 Å². The number of halogens is 2. The summed E-state index contributed by atoms with van der Waals surface area (Å²) in [6.07, 6.45) is 0. The van der Waals surface area contributed by atoms with Crippen molar-refractivity contribution in [2.75, 3.05) is 0 Å². The van der Waals surface area contributed by atoms with Gasteiger partial charge in [0.15, 0.2) is 0 Å². The van der Waals surface area contributed by atoms with Crippen LogP contribution in [0, 0.1) is 6.92 Å². The maximum absolute atomic E-state index is 6.01. The first-order chi connectivity index (χ1) is 8.99. The van der Waals surface area contributed by atoms with Gasteiger partial charge in [-0.25, -0.2) is 0 Å². The van der Waals surface area contributed by atoms with Gasteiger partial charge in [-0.1, -0.05) is 71.7 Å². The first-order valence-corrected chi connectivity index (χ1v) is 7.78. The maximum Gasteiger partial charge on any atom is 0.0647 e. The Morgan fingerprint density at radius 2 is 1.53 bits per heavy atom. The van der Waals surface area contributed by atoms with Crippen molar-refractivity contribution in [3.05, 3.63) is 69.7 Å². The number of hydrogen-bond donors (Lipinski definition) is 0. The highest BCUT2D eigenvalue weighted by atomic mass is 79.9. The molecule has 0 aromatic heterocycles. The molecule has 2 heteroatoms. The number of benzene rings is 2. The summed E-state index contributed by atoms with van der Waals surface area (Å²) < 4.78 is 0. The quantitative estimate of drug-likeness (QED) is 0.580. The van der Waals surface area contributed by atoms with Gasteiger partial charge in [-0.2, -0.15) is 0 Å². The van der Waals surface area contributed by atoms with Crippen LogP contribution < -0.4 is 0 Å². The van der Waals surface area contributed by atoms with Crippen LogP contribution in [0.25, 0.3) is 0 Å². The predicted molar refractivity (Wildman–Crippen MR) is 87.5 cm³/mol. The van der Waals surface area contributed by atoms with Crippen molar-refractivity contribution >= 4 is 27.5 Å². The Kier molecular flexibility index (Phi) is 4.70. The topological polar surface area (TPSA) is 0 Å². The van der Waals surface area contributed by atoms with Crippen molar-refractivity contribution in [1.82, 2.24) is 0 Å². The molecule has 100 valence electrons. The minimum absolute atomic E-state index is 0.214. The molecule has 0 spiro atoms. The Hall–Kier alpha value is -0.790. The van der Waals surface area contributed by atoms with E-state index < -0.39 is 0 Å². The van der Waals surface area contributed by atoms with Crippen LogP contribution in [0.1, 0.15) is 46.8 Å². The average Bonchev–Trinajstić information content (AvgIpc) is 2.38. The van der Waals surface area contributed by atoms with Gasteiger partial charge < -0.3 is 0 Å². The molecule has 0 nitrogen and oxygen atoms in total. The van der Waals surface area contributed by atoms with Crippen LogP contribution >= 0.6 is 27.5 Å². The smallest absolute Gasteiger partial charge is 0.0647 e. The molecule has 0 saturated carbocycles. The van der Waals surface area contributed by atoms with Crippen LogP contribution in [0.5, 0.6) is 0 Å². The lowest BCUT2D eigenvalue weighted by molar-refractivity contribution is 0.865. The zero-order chi connectivity index (χ0) is 14.0. The third kappa shape index (κ3) is 3.40. The normalized spacial score (nSPS) is 12.7. The molecule has 0 amide bonds. The van der Waals surface area contributed by atoms with Crippen molar-refractivity contribution in [1.29, 1.82) is 0 Å². The number of rotatable bonds is 3. The predicted octanol–water partition coefficient (Wildman–Crippen LogP) is 6.26. The molecular formula is C17H18BrCl. The molecule has 2 aromatic carbocycles. The Labute approximate surface area is 128 Å². The molecule has 0 heterocycles. The standard InChI is InChI=1S/C17H18BrCl/c1-11(2)13-4-6-14(7-5-13)17(18)16-9-8-15(19)10-12(16)3/h4-11,17H,1-3H3. The van der Waals surface area contributed by atoms with Gasteiger partial charge in [-0.3, -0.25) is 0 Å². The Bertz CT molecular complexity index is 558. The number of hydrogen-bond acceptors (Lipinski definition) is 0. The Morgan fingerprint density at radius 3 is 2.05 bits per heavy atom. The summed E-state index contributed by atoms with van der Waals surface area (Å²) in [6, 6.07) is 14.9. The molecule has 0 aliphatic rings. The zero-order valence-electron chi connectivity index (χ0n) is 11.5. The molecule has 2 rings (SSSR count). The van der Waals surface area contributed by atoms with Crippen molar-refractivity contribution < 1.29 is 0 Å². The van der Waals surface area contributed by atoms with E-state index in [0.717, 1.165) is 5.02 Å². The SMILES string of the molecule is Cc1cc(Cl)ccc1C(Br)c1ccc(C(C)C)cc1. The summed E-state index contributed by atoms with van der Waals surface area (Å²) in [5.41, 5.74) is 5.12. The Balaban J connectivity index is 2.30. The molecule has 0 N–H and O–H groups in total. The highest BCUT2D eigenvalue weighted by Gasteiger charge is 2.13. The molecule has 0 aliphatic heterocycles. The fraction of sp³-hybridized carbons (Fsp3) is 0.294. The van der Waals surface area contributed by atoms with Crippen LogP contribution in [-0.4, -0.2) is 0 Å². The second-order valence-electron chi connectivity index (χ2n) is 5.18. The van der Waals surface area contributed by atoms with Gasteiger partial charge in [-0.15, -0.1) is 0 Å². The maximum atomic E-state index is 6.01. The second kappa shape index (κ2) is 6.11. The summed E-state index contributed by atoms with van der Waals surface area (Å²) in [4.78, 5) is 0.214. The van der Waals surface area contributed by atoms with Gasteiger partial charge >= 0.3 is 0 Å². The highest BCUT2D eigenvalue weighted by molar-refractivity contribution is 9.09. The lowest BCUT2D eigenvalue weighted by Gasteiger charge is -2.15. The molecule has 1 unspecified atom stereocenters. The van der Waals surface area contributed by atoms with E-state index in [1.165, 1.54) is 22.3 Å². The minimum atomic E-state index is 0.214. The van der Waals surface area contributed by atoms with E-state index in [-0.39, 0.29) is 4.83 Å². The van der Waals surface area contributed by atoms with E-state index in [1.54, 1.807) is 0 Å². The van der Waals surface area contributed by atoms with Crippen LogP contribution in [-0.2, 0) is 0 Å². The van der Waals surface area contributed by atoms with Crippen molar-refractivity contribution in [3.8, 4) is 0 Å². The fourth-order valence-corrected chi connectivity index (χ4v) is 3.20. The molecule has 1 atom stereocenters. The summed E-state index contributed by atoms with van der Waals surface area (Å²) in [5, 5.41) is 0.788. The molecule has 0 radical (unpaired) electrons. The number of alkyl halides is 1. The van der Waals surface area contributed by atoms with E-state index in [4.69, 9.17) is 11.6 Å². The summed E-state index contributed by atoms with van der Waals surface area (Å²) in [5.74, 6) is 0.570. The van der Waals surface area contributed by atoms with Gasteiger partial charge in [0.2, 0.25) is 0 Å². The first kappa shape index (κ1) is 14.6. The number of aryl methyl sites for hydroxylation is 1. The lowest BCUT2D eigenvalue weighted by Crippen LogP contribution is -1.96. The average molecular weight is 338 g/mol. The highest BCUT2D eigenvalue weighted by Crippen LogP contribution is 2.34. The molecule has 0 fully saturated rings. The molecule has 0 bridgehead atoms.